The zero-order chi connectivity index (χ0) is 15.5. The van der Waals surface area contributed by atoms with Crippen LogP contribution in [-0.4, -0.2) is 28.5 Å². The van der Waals surface area contributed by atoms with Crippen molar-refractivity contribution in [2.24, 2.45) is 5.92 Å². The summed E-state index contributed by atoms with van der Waals surface area (Å²) in [6.45, 7) is 2.38. The van der Waals surface area contributed by atoms with Gasteiger partial charge in [0, 0.05) is 18.2 Å². The molecule has 1 saturated carbocycles. The Balaban J connectivity index is 2.12. The van der Waals surface area contributed by atoms with Gasteiger partial charge in [-0.1, -0.05) is 19.8 Å². The van der Waals surface area contributed by atoms with Crippen molar-refractivity contribution in [3.63, 3.8) is 0 Å². The summed E-state index contributed by atoms with van der Waals surface area (Å²) in [5, 5.41) is 24.6. The van der Waals surface area contributed by atoms with Crippen molar-refractivity contribution in [3.8, 4) is 0 Å². The van der Waals surface area contributed by atoms with Gasteiger partial charge in [0.1, 0.15) is 12.0 Å². The fraction of sp³-hybridized carbons (Fsp3) is 0.533. The van der Waals surface area contributed by atoms with E-state index in [-0.39, 0.29) is 17.8 Å². The zero-order valence-corrected chi connectivity index (χ0v) is 12.0. The Morgan fingerprint density at radius 1 is 1.57 bits per heavy atom. The highest BCUT2D eigenvalue weighted by atomic mass is 16.6. The predicted octanol–water partition coefficient (Wildman–Crippen LogP) is 2.76. The van der Waals surface area contributed by atoms with Crippen LogP contribution in [0.1, 0.15) is 43.0 Å². The van der Waals surface area contributed by atoms with Gasteiger partial charge in [0.25, 0.3) is 5.69 Å². The van der Waals surface area contributed by atoms with Gasteiger partial charge in [-0.25, -0.2) is 0 Å². The first-order valence-corrected chi connectivity index (χ1v) is 7.13. The molecule has 0 radical (unpaired) electrons. The maximum absolute atomic E-state index is 11.1. The van der Waals surface area contributed by atoms with Gasteiger partial charge in [-0.15, -0.1) is 0 Å². The second-order valence-electron chi connectivity index (χ2n) is 5.93. The normalized spacial score (nSPS) is 25.3. The number of nitro benzene ring substituents is 1. The molecule has 1 aliphatic carbocycles. The van der Waals surface area contributed by atoms with Gasteiger partial charge in [0.2, 0.25) is 0 Å². The van der Waals surface area contributed by atoms with Crippen LogP contribution in [0.15, 0.2) is 18.2 Å². The first kappa shape index (κ1) is 15.4. The molecule has 2 unspecified atom stereocenters. The fourth-order valence-corrected chi connectivity index (χ4v) is 2.98. The summed E-state index contributed by atoms with van der Waals surface area (Å²) in [6.07, 6.45) is 4.04. The lowest BCUT2D eigenvalue weighted by molar-refractivity contribution is -0.384. The molecule has 1 aromatic rings. The number of rotatable bonds is 5. The Kier molecular flexibility index (Phi) is 4.57. The largest absolute Gasteiger partial charge is 0.388 e. The molecule has 1 aromatic carbocycles. The van der Waals surface area contributed by atoms with Crippen molar-refractivity contribution in [1.29, 1.82) is 0 Å². The van der Waals surface area contributed by atoms with E-state index in [2.05, 4.69) is 12.2 Å². The summed E-state index contributed by atoms with van der Waals surface area (Å²) in [6, 6.07) is 4.27. The van der Waals surface area contributed by atoms with Crippen LogP contribution in [0.4, 0.5) is 11.4 Å². The SMILES string of the molecule is CC1CCCC(O)(CNc2ccc(C=O)cc2[N+](=O)[O-])C1. The molecule has 2 atom stereocenters. The third-order valence-corrected chi connectivity index (χ3v) is 4.03. The topological polar surface area (TPSA) is 92.5 Å². The van der Waals surface area contributed by atoms with Crippen LogP contribution in [0.25, 0.3) is 0 Å². The summed E-state index contributed by atoms with van der Waals surface area (Å²) >= 11 is 0. The Labute approximate surface area is 123 Å². The molecule has 1 aliphatic rings. The number of hydrogen-bond acceptors (Lipinski definition) is 5. The predicted molar refractivity (Wildman–Crippen MR) is 79.6 cm³/mol. The highest BCUT2D eigenvalue weighted by Gasteiger charge is 2.32. The highest BCUT2D eigenvalue weighted by Crippen LogP contribution is 2.33. The van der Waals surface area contributed by atoms with Gasteiger partial charge in [-0.3, -0.25) is 14.9 Å². The Bertz CT molecular complexity index is 546. The molecular weight excluding hydrogens is 272 g/mol. The third kappa shape index (κ3) is 3.78. The maximum atomic E-state index is 11.1. The number of hydrogen-bond donors (Lipinski definition) is 2. The third-order valence-electron chi connectivity index (χ3n) is 4.03. The van der Waals surface area contributed by atoms with Crippen molar-refractivity contribution >= 4 is 17.7 Å². The number of aldehydes is 1. The molecule has 0 heterocycles. The van der Waals surface area contributed by atoms with Crippen LogP contribution >= 0.6 is 0 Å². The zero-order valence-electron chi connectivity index (χ0n) is 12.0. The van der Waals surface area contributed by atoms with E-state index >= 15 is 0 Å². The number of nitrogens with one attached hydrogen (secondary N) is 1. The van der Waals surface area contributed by atoms with Crippen LogP contribution in [-0.2, 0) is 0 Å². The molecule has 0 aliphatic heterocycles. The van der Waals surface area contributed by atoms with Gasteiger partial charge in [0.05, 0.1) is 10.5 Å². The smallest absolute Gasteiger partial charge is 0.293 e. The number of nitrogens with zero attached hydrogens (tertiary/aromatic N) is 1. The van der Waals surface area contributed by atoms with Crippen molar-refractivity contribution in [1.82, 2.24) is 0 Å². The second-order valence-corrected chi connectivity index (χ2v) is 5.93. The van der Waals surface area contributed by atoms with E-state index in [4.69, 9.17) is 0 Å². The van der Waals surface area contributed by atoms with E-state index in [0.717, 1.165) is 12.8 Å². The summed E-state index contributed by atoms with van der Waals surface area (Å²) in [7, 11) is 0. The number of benzene rings is 1. The van der Waals surface area contributed by atoms with E-state index in [0.29, 0.717) is 30.7 Å². The first-order valence-electron chi connectivity index (χ1n) is 7.13. The van der Waals surface area contributed by atoms with Gasteiger partial charge < -0.3 is 10.4 Å². The minimum atomic E-state index is -0.825. The first-order chi connectivity index (χ1) is 9.93. The number of nitro groups is 1. The fourth-order valence-electron chi connectivity index (χ4n) is 2.98. The number of carbonyl (C=O) groups is 1. The average molecular weight is 292 g/mol. The van der Waals surface area contributed by atoms with Crippen LogP contribution in [0, 0.1) is 16.0 Å². The quantitative estimate of drug-likeness (QED) is 0.494. The average Bonchev–Trinajstić information content (AvgIpc) is 2.44. The van der Waals surface area contributed by atoms with Crippen molar-refractivity contribution < 1.29 is 14.8 Å². The van der Waals surface area contributed by atoms with Gasteiger partial charge in [-0.2, -0.15) is 0 Å². The van der Waals surface area contributed by atoms with E-state index < -0.39 is 10.5 Å². The molecule has 1 fully saturated rings. The van der Waals surface area contributed by atoms with Crippen LogP contribution in [0.2, 0.25) is 0 Å². The van der Waals surface area contributed by atoms with E-state index in [1.165, 1.54) is 18.2 Å². The molecular formula is C15H20N2O4. The highest BCUT2D eigenvalue weighted by molar-refractivity contribution is 5.79. The lowest BCUT2D eigenvalue weighted by Crippen LogP contribution is -2.41. The van der Waals surface area contributed by atoms with Crippen molar-refractivity contribution in [2.75, 3.05) is 11.9 Å². The molecule has 6 nitrogen and oxygen atoms in total. The van der Waals surface area contributed by atoms with Crippen LogP contribution in [0.5, 0.6) is 0 Å². The molecule has 2 N–H and O–H groups in total. The van der Waals surface area contributed by atoms with Gasteiger partial charge in [-0.05, 0) is 30.9 Å². The van der Waals surface area contributed by atoms with Crippen molar-refractivity contribution in [3.05, 3.63) is 33.9 Å². The standard InChI is InChI=1S/C15H20N2O4/c1-11-3-2-6-15(19,8-11)10-16-13-5-4-12(9-18)7-14(13)17(20)21/h4-5,7,9,11,16,19H,2-3,6,8,10H2,1H3. The monoisotopic (exact) mass is 292 g/mol. The summed E-state index contributed by atoms with van der Waals surface area (Å²) in [4.78, 5) is 21.2. The van der Waals surface area contributed by atoms with Crippen LogP contribution < -0.4 is 5.32 Å². The Morgan fingerprint density at radius 2 is 2.33 bits per heavy atom. The maximum Gasteiger partial charge on any atom is 0.293 e. The summed E-state index contributed by atoms with van der Waals surface area (Å²) in [5.74, 6) is 0.456. The van der Waals surface area contributed by atoms with E-state index in [1.54, 1.807) is 0 Å². The number of anilines is 1. The number of aliphatic hydroxyl groups is 1. The molecule has 2 rings (SSSR count). The molecule has 0 bridgehead atoms. The summed E-state index contributed by atoms with van der Waals surface area (Å²) in [5.41, 5.74) is -0.379. The molecule has 21 heavy (non-hydrogen) atoms. The summed E-state index contributed by atoms with van der Waals surface area (Å²) < 4.78 is 0. The van der Waals surface area contributed by atoms with Gasteiger partial charge in [0.15, 0.2) is 0 Å². The molecule has 114 valence electrons. The Morgan fingerprint density at radius 3 is 2.95 bits per heavy atom. The minimum Gasteiger partial charge on any atom is -0.388 e. The lowest BCUT2D eigenvalue weighted by atomic mass is 9.79. The molecule has 0 spiro atoms. The van der Waals surface area contributed by atoms with Gasteiger partial charge >= 0.3 is 0 Å². The molecule has 6 heteroatoms. The lowest BCUT2D eigenvalue weighted by Gasteiger charge is -2.35. The van der Waals surface area contributed by atoms with Crippen molar-refractivity contribution in [2.45, 2.75) is 38.2 Å². The van der Waals surface area contributed by atoms with E-state index in [1.807, 2.05) is 0 Å². The minimum absolute atomic E-state index is 0.146. The van der Waals surface area contributed by atoms with E-state index in [9.17, 15) is 20.0 Å². The second kappa shape index (κ2) is 6.22. The molecule has 0 saturated heterocycles. The molecule has 0 aromatic heterocycles. The van der Waals surface area contributed by atoms with Crippen LogP contribution in [0.3, 0.4) is 0 Å². The Hall–Kier alpha value is -1.95. The number of carbonyl (C=O) groups excluding carboxylic acids is 1. The molecule has 0 amide bonds.